The molecule has 2 aromatic rings. The first kappa shape index (κ1) is 14.7. The summed E-state index contributed by atoms with van der Waals surface area (Å²) >= 11 is 0. The number of aliphatic hydroxyl groups excluding tert-OH is 1. The average molecular weight is 276 g/mol. The van der Waals surface area contributed by atoms with Crippen LogP contribution >= 0.6 is 0 Å². The first-order chi connectivity index (χ1) is 9.39. The molecule has 0 aliphatic rings. The summed E-state index contributed by atoms with van der Waals surface area (Å²) in [5, 5.41) is 10.4. The lowest BCUT2D eigenvalue weighted by atomic mass is 9.77. The van der Waals surface area contributed by atoms with Crippen LogP contribution in [-0.4, -0.2) is 11.2 Å². The SMILES string of the molecule is CC(C)(c1ccccc1)C(O)Cc1cc(F)cc(F)c1. The summed E-state index contributed by atoms with van der Waals surface area (Å²) in [7, 11) is 0. The second-order valence-corrected chi connectivity index (χ2v) is 5.59. The predicted molar refractivity (Wildman–Crippen MR) is 75.5 cm³/mol. The second-order valence-electron chi connectivity index (χ2n) is 5.59. The molecule has 3 heteroatoms. The minimum atomic E-state index is -0.730. The van der Waals surface area contributed by atoms with Gasteiger partial charge in [0.05, 0.1) is 6.10 Å². The Morgan fingerprint density at radius 2 is 1.55 bits per heavy atom. The van der Waals surface area contributed by atoms with E-state index in [9.17, 15) is 13.9 Å². The maximum Gasteiger partial charge on any atom is 0.126 e. The highest BCUT2D eigenvalue weighted by atomic mass is 19.1. The van der Waals surface area contributed by atoms with E-state index in [0.717, 1.165) is 11.6 Å². The van der Waals surface area contributed by atoms with Crippen molar-refractivity contribution in [3.05, 3.63) is 71.3 Å². The van der Waals surface area contributed by atoms with Gasteiger partial charge in [0.15, 0.2) is 0 Å². The third-order valence-electron chi connectivity index (χ3n) is 3.70. The fraction of sp³-hybridized carbons (Fsp3) is 0.294. The van der Waals surface area contributed by atoms with E-state index >= 15 is 0 Å². The molecule has 0 bridgehead atoms. The van der Waals surface area contributed by atoms with E-state index in [0.29, 0.717) is 5.56 Å². The maximum atomic E-state index is 13.2. The zero-order chi connectivity index (χ0) is 14.8. The van der Waals surface area contributed by atoms with Crippen molar-refractivity contribution in [3.8, 4) is 0 Å². The Morgan fingerprint density at radius 3 is 2.10 bits per heavy atom. The highest BCUT2D eigenvalue weighted by Gasteiger charge is 2.29. The monoisotopic (exact) mass is 276 g/mol. The Balaban J connectivity index is 2.21. The zero-order valence-electron chi connectivity index (χ0n) is 11.6. The van der Waals surface area contributed by atoms with Gasteiger partial charge in [0, 0.05) is 11.5 Å². The van der Waals surface area contributed by atoms with Crippen LogP contribution in [0.3, 0.4) is 0 Å². The van der Waals surface area contributed by atoms with E-state index < -0.39 is 23.2 Å². The van der Waals surface area contributed by atoms with Crippen LogP contribution in [0.15, 0.2) is 48.5 Å². The van der Waals surface area contributed by atoms with Crippen molar-refractivity contribution in [2.75, 3.05) is 0 Å². The minimum absolute atomic E-state index is 0.205. The fourth-order valence-corrected chi connectivity index (χ4v) is 2.27. The molecule has 1 unspecified atom stereocenters. The van der Waals surface area contributed by atoms with Gasteiger partial charge in [0.2, 0.25) is 0 Å². The predicted octanol–water partition coefficient (Wildman–Crippen LogP) is 3.85. The first-order valence-corrected chi connectivity index (χ1v) is 6.58. The molecule has 1 atom stereocenters. The number of halogens is 2. The molecule has 0 saturated carbocycles. The van der Waals surface area contributed by atoms with Gasteiger partial charge in [-0.25, -0.2) is 8.78 Å². The maximum absolute atomic E-state index is 13.2. The van der Waals surface area contributed by atoms with E-state index in [1.165, 1.54) is 12.1 Å². The van der Waals surface area contributed by atoms with E-state index in [1.54, 1.807) is 0 Å². The summed E-state index contributed by atoms with van der Waals surface area (Å²) in [6.07, 6.45) is -0.526. The standard InChI is InChI=1S/C17H18F2O/c1-17(2,13-6-4-3-5-7-13)16(20)10-12-8-14(18)11-15(19)9-12/h3-9,11,16,20H,10H2,1-2H3. The Hall–Kier alpha value is -1.74. The summed E-state index contributed by atoms with van der Waals surface area (Å²) in [6, 6.07) is 13.0. The molecule has 1 N–H and O–H groups in total. The molecule has 0 amide bonds. The molecule has 0 aromatic heterocycles. The Labute approximate surface area is 117 Å². The molecule has 0 aliphatic carbocycles. The molecule has 0 aliphatic heterocycles. The zero-order valence-corrected chi connectivity index (χ0v) is 11.6. The van der Waals surface area contributed by atoms with E-state index in [2.05, 4.69) is 0 Å². The topological polar surface area (TPSA) is 20.2 Å². The van der Waals surface area contributed by atoms with Crippen LogP contribution in [-0.2, 0) is 11.8 Å². The molecule has 2 aromatic carbocycles. The molecule has 0 spiro atoms. The van der Waals surface area contributed by atoms with Gasteiger partial charge in [0.1, 0.15) is 11.6 Å². The van der Waals surface area contributed by atoms with E-state index in [1.807, 2.05) is 44.2 Å². The first-order valence-electron chi connectivity index (χ1n) is 6.58. The van der Waals surface area contributed by atoms with Gasteiger partial charge >= 0.3 is 0 Å². The van der Waals surface area contributed by atoms with Gasteiger partial charge in [0.25, 0.3) is 0 Å². The Morgan fingerprint density at radius 1 is 1.00 bits per heavy atom. The molecule has 20 heavy (non-hydrogen) atoms. The molecule has 0 heterocycles. The molecule has 0 saturated heterocycles. The average Bonchev–Trinajstić information content (AvgIpc) is 2.38. The van der Waals surface area contributed by atoms with Gasteiger partial charge in [-0.1, -0.05) is 44.2 Å². The van der Waals surface area contributed by atoms with Gasteiger partial charge < -0.3 is 5.11 Å². The second kappa shape index (κ2) is 5.71. The van der Waals surface area contributed by atoms with Crippen LogP contribution in [0, 0.1) is 11.6 Å². The van der Waals surface area contributed by atoms with E-state index in [-0.39, 0.29) is 6.42 Å². The van der Waals surface area contributed by atoms with Crippen LogP contribution in [0.1, 0.15) is 25.0 Å². The third kappa shape index (κ3) is 3.23. The van der Waals surface area contributed by atoms with Crippen molar-refractivity contribution in [1.29, 1.82) is 0 Å². The summed E-state index contributed by atoms with van der Waals surface area (Å²) in [5.41, 5.74) is 0.952. The van der Waals surface area contributed by atoms with Crippen LogP contribution in [0.2, 0.25) is 0 Å². The van der Waals surface area contributed by atoms with Crippen molar-refractivity contribution < 1.29 is 13.9 Å². The quantitative estimate of drug-likeness (QED) is 0.899. The van der Waals surface area contributed by atoms with Gasteiger partial charge in [-0.15, -0.1) is 0 Å². The number of aliphatic hydroxyl groups is 1. The van der Waals surface area contributed by atoms with Crippen LogP contribution < -0.4 is 0 Å². The summed E-state index contributed by atoms with van der Waals surface area (Å²) < 4.78 is 26.4. The molecule has 2 rings (SSSR count). The van der Waals surface area contributed by atoms with Crippen molar-refractivity contribution >= 4 is 0 Å². The molecule has 106 valence electrons. The van der Waals surface area contributed by atoms with E-state index in [4.69, 9.17) is 0 Å². The van der Waals surface area contributed by atoms with Crippen LogP contribution in [0.5, 0.6) is 0 Å². The minimum Gasteiger partial charge on any atom is -0.392 e. The number of hydrogen-bond donors (Lipinski definition) is 1. The molecular formula is C17H18F2O. The van der Waals surface area contributed by atoms with Crippen molar-refractivity contribution in [2.24, 2.45) is 0 Å². The van der Waals surface area contributed by atoms with Crippen LogP contribution in [0.25, 0.3) is 0 Å². The lowest BCUT2D eigenvalue weighted by Gasteiger charge is -2.31. The van der Waals surface area contributed by atoms with Gasteiger partial charge in [-0.2, -0.15) is 0 Å². The largest absolute Gasteiger partial charge is 0.392 e. The summed E-state index contributed by atoms with van der Waals surface area (Å²) in [5.74, 6) is -1.24. The Bertz CT molecular complexity index is 559. The van der Waals surface area contributed by atoms with Gasteiger partial charge in [-0.3, -0.25) is 0 Å². The lowest BCUT2D eigenvalue weighted by molar-refractivity contribution is 0.0998. The highest BCUT2D eigenvalue weighted by molar-refractivity contribution is 5.27. The molecular weight excluding hydrogens is 258 g/mol. The van der Waals surface area contributed by atoms with Crippen molar-refractivity contribution in [2.45, 2.75) is 31.8 Å². The van der Waals surface area contributed by atoms with Crippen molar-refractivity contribution in [1.82, 2.24) is 0 Å². The number of hydrogen-bond acceptors (Lipinski definition) is 1. The number of rotatable bonds is 4. The highest BCUT2D eigenvalue weighted by Crippen LogP contribution is 2.29. The molecule has 0 radical (unpaired) electrons. The normalized spacial score (nSPS) is 13.2. The summed E-state index contributed by atoms with van der Waals surface area (Å²) in [4.78, 5) is 0. The number of benzene rings is 2. The van der Waals surface area contributed by atoms with Crippen molar-refractivity contribution in [3.63, 3.8) is 0 Å². The molecule has 0 fully saturated rings. The third-order valence-corrected chi connectivity index (χ3v) is 3.70. The smallest absolute Gasteiger partial charge is 0.126 e. The lowest BCUT2D eigenvalue weighted by Crippen LogP contribution is -2.35. The summed E-state index contributed by atoms with van der Waals surface area (Å²) in [6.45, 7) is 3.84. The molecule has 1 nitrogen and oxygen atoms in total. The van der Waals surface area contributed by atoms with Gasteiger partial charge in [-0.05, 0) is 29.7 Å². The Kier molecular flexibility index (Phi) is 4.19. The van der Waals surface area contributed by atoms with Crippen LogP contribution in [0.4, 0.5) is 8.78 Å². The fourth-order valence-electron chi connectivity index (χ4n) is 2.27.